The van der Waals surface area contributed by atoms with Crippen LogP contribution in [0, 0.1) is 0 Å². The molecule has 8 heteroatoms. The zero-order valence-corrected chi connectivity index (χ0v) is 12.9. The molecule has 0 spiro atoms. The largest absolute Gasteiger partial charge is 0.483 e. The maximum Gasteiger partial charge on any atom is 0.407 e. The number of carbonyl (C=O) groups is 2. The predicted molar refractivity (Wildman–Crippen MR) is 83.7 cm³/mol. The third-order valence-corrected chi connectivity index (χ3v) is 2.00. The molecule has 0 unspecified atom stereocenters. The third kappa shape index (κ3) is 10.1. The molecule has 22 heavy (non-hydrogen) atoms. The van der Waals surface area contributed by atoms with Gasteiger partial charge in [-0.25, -0.2) is 9.79 Å². The van der Waals surface area contributed by atoms with Gasteiger partial charge in [-0.2, -0.15) is 0 Å². The molecule has 0 aliphatic carbocycles. The SMILES string of the molecule is CC(C)(C)OC(=O)NCc1cccc(N=C(N)N)c1.O=CO. The first kappa shape index (κ1) is 19.2. The summed E-state index contributed by atoms with van der Waals surface area (Å²) in [5.41, 5.74) is 11.6. The number of amides is 1. The summed E-state index contributed by atoms with van der Waals surface area (Å²) >= 11 is 0. The minimum Gasteiger partial charge on any atom is -0.483 e. The lowest BCUT2D eigenvalue weighted by molar-refractivity contribution is -0.122. The molecule has 0 fully saturated rings. The van der Waals surface area contributed by atoms with Crippen molar-refractivity contribution in [2.75, 3.05) is 0 Å². The number of nitrogens with one attached hydrogen (secondary N) is 1. The van der Waals surface area contributed by atoms with Gasteiger partial charge in [0.15, 0.2) is 5.96 Å². The highest BCUT2D eigenvalue weighted by Gasteiger charge is 2.15. The van der Waals surface area contributed by atoms with E-state index in [1.807, 2.05) is 32.9 Å². The Bertz CT molecular complexity index is 520. The Labute approximate surface area is 129 Å². The minimum atomic E-state index is -0.510. The predicted octanol–water partition coefficient (Wildman–Crippen LogP) is 1.32. The van der Waals surface area contributed by atoms with E-state index in [1.165, 1.54) is 0 Å². The van der Waals surface area contributed by atoms with Gasteiger partial charge in [0, 0.05) is 6.54 Å². The summed E-state index contributed by atoms with van der Waals surface area (Å²) in [6.07, 6.45) is -0.459. The van der Waals surface area contributed by atoms with Crippen molar-refractivity contribution in [2.24, 2.45) is 16.5 Å². The highest BCUT2D eigenvalue weighted by molar-refractivity contribution is 5.79. The Kier molecular flexibility index (Phi) is 8.06. The van der Waals surface area contributed by atoms with Crippen molar-refractivity contribution in [3.8, 4) is 0 Å². The molecule has 0 atom stereocenters. The number of alkyl carbamates (subject to hydrolysis) is 1. The second kappa shape index (κ2) is 9.22. The minimum absolute atomic E-state index is 0.00254. The summed E-state index contributed by atoms with van der Waals surface area (Å²) in [7, 11) is 0. The molecular formula is C14H22N4O4. The Morgan fingerprint density at radius 3 is 2.50 bits per heavy atom. The molecule has 0 saturated heterocycles. The van der Waals surface area contributed by atoms with E-state index in [2.05, 4.69) is 10.3 Å². The second-order valence-electron chi connectivity index (χ2n) is 5.17. The van der Waals surface area contributed by atoms with Gasteiger partial charge in [-0.1, -0.05) is 12.1 Å². The van der Waals surface area contributed by atoms with Crippen LogP contribution in [0.5, 0.6) is 0 Å². The smallest absolute Gasteiger partial charge is 0.407 e. The fourth-order valence-electron chi connectivity index (χ4n) is 1.37. The number of guanidine groups is 1. The number of ether oxygens (including phenoxy) is 1. The van der Waals surface area contributed by atoms with Gasteiger partial charge in [0.2, 0.25) is 0 Å². The molecular weight excluding hydrogens is 288 g/mol. The van der Waals surface area contributed by atoms with Gasteiger partial charge in [-0.3, -0.25) is 4.79 Å². The van der Waals surface area contributed by atoms with Crippen molar-refractivity contribution < 1.29 is 19.4 Å². The normalized spacial score (nSPS) is 9.77. The number of nitrogens with two attached hydrogens (primary N) is 2. The van der Waals surface area contributed by atoms with E-state index >= 15 is 0 Å². The lowest BCUT2D eigenvalue weighted by atomic mass is 10.2. The molecule has 1 rings (SSSR count). The fourth-order valence-corrected chi connectivity index (χ4v) is 1.37. The Morgan fingerprint density at radius 2 is 2.00 bits per heavy atom. The van der Waals surface area contributed by atoms with Crippen LogP contribution in [0.2, 0.25) is 0 Å². The maximum absolute atomic E-state index is 11.5. The molecule has 0 bridgehead atoms. The molecule has 0 aromatic heterocycles. The monoisotopic (exact) mass is 310 g/mol. The quantitative estimate of drug-likeness (QED) is 0.377. The summed E-state index contributed by atoms with van der Waals surface area (Å²) in [4.78, 5) is 23.8. The first-order valence-corrected chi connectivity index (χ1v) is 6.41. The molecule has 0 aliphatic heterocycles. The van der Waals surface area contributed by atoms with E-state index in [0.29, 0.717) is 12.2 Å². The van der Waals surface area contributed by atoms with Crippen molar-refractivity contribution in [2.45, 2.75) is 32.9 Å². The van der Waals surface area contributed by atoms with Gasteiger partial charge in [0.25, 0.3) is 6.47 Å². The number of nitrogens with zero attached hydrogens (tertiary/aromatic N) is 1. The molecule has 0 aliphatic rings. The van der Waals surface area contributed by atoms with Crippen LogP contribution < -0.4 is 16.8 Å². The van der Waals surface area contributed by atoms with E-state index in [1.54, 1.807) is 12.1 Å². The van der Waals surface area contributed by atoms with Crippen molar-refractivity contribution in [1.82, 2.24) is 5.32 Å². The van der Waals surface area contributed by atoms with E-state index in [4.69, 9.17) is 26.1 Å². The fraction of sp³-hybridized carbons (Fsp3) is 0.357. The first-order valence-electron chi connectivity index (χ1n) is 6.41. The third-order valence-electron chi connectivity index (χ3n) is 2.00. The molecule has 1 aromatic carbocycles. The standard InChI is InChI=1S/C13H20N4O2.CH2O2/c1-13(2,3)19-12(18)16-8-9-5-4-6-10(7-9)17-11(14)15;2-1-3/h4-7H,8H2,1-3H3,(H,16,18)(H4,14,15,17);1H,(H,2,3). The van der Waals surface area contributed by atoms with Gasteiger partial charge >= 0.3 is 6.09 Å². The van der Waals surface area contributed by atoms with Crippen LogP contribution in [0.15, 0.2) is 29.3 Å². The van der Waals surface area contributed by atoms with E-state index in [0.717, 1.165) is 5.56 Å². The van der Waals surface area contributed by atoms with Crippen LogP contribution in [0.3, 0.4) is 0 Å². The zero-order chi connectivity index (χ0) is 17.2. The highest BCUT2D eigenvalue weighted by atomic mass is 16.6. The van der Waals surface area contributed by atoms with Crippen molar-refractivity contribution >= 4 is 24.2 Å². The lowest BCUT2D eigenvalue weighted by Gasteiger charge is -2.19. The highest BCUT2D eigenvalue weighted by Crippen LogP contribution is 2.14. The van der Waals surface area contributed by atoms with Crippen LogP contribution in [0.25, 0.3) is 0 Å². The average molecular weight is 310 g/mol. The Morgan fingerprint density at radius 1 is 1.41 bits per heavy atom. The molecule has 1 amide bonds. The number of hydrogen-bond acceptors (Lipinski definition) is 4. The number of carboxylic acid groups (broad SMARTS) is 1. The van der Waals surface area contributed by atoms with Gasteiger partial charge in [-0.15, -0.1) is 0 Å². The Hall–Kier alpha value is -2.77. The molecule has 122 valence electrons. The molecule has 6 N–H and O–H groups in total. The molecule has 0 saturated carbocycles. The number of rotatable bonds is 3. The summed E-state index contributed by atoms with van der Waals surface area (Å²) in [5.74, 6) is -0.00254. The van der Waals surface area contributed by atoms with Crippen molar-refractivity contribution in [1.29, 1.82) is 0 Å². The van der Waals surface area contributed by atoms with Crippen LogP contribution in [0.4, 0.5) is 10.5 Å². The average Bonchev–Trinajstić information content (AvgIpc) is 2.35. The first-order chi connectivity index (χ1) is 10.2. The summed E-state index contributed by atoms with van der Waals surface area (Å²) in [5, 5.41) is 9.55. The molecule has 8 nitrogen and oxygen atoms in total. The van der Waals surface area contributed by atoms with Gasteiger partial charge < -0.3 is 26.6 Å². The molecule has 0 heterocycles. The summed E-state index contributed by atoms with van der Waals surface area (Å²) < 4.78 is 5.14. The number of aliphatic imine (C=N–C) groups is 1. The van der Waals surface area contributed by atoms with E-state index in [9.17, 15) is 4.79 Å². The van der Waals surface area contributed by atoms with Crippen LogP contribution >= 0.6 is 0 Å². The molecule has 0 radical (unpaired) electrons. The number of hydrogen-bond donors (Lipinski definition) is 4. The van der Waals surface area contributed by atoms with Crippen LogP contribution in [0.1, 0.15) is 26.3 Å². The second-order valence-corrected chi connectivity index (χ2v) is 5.17. The Balaban J connectivity index is 0.00000135. The number of benzene rings is 1. The van der Waals surface area contributed by atoms with Gasteiger partial charge in [0.05, 0.1) is 5.69 Å². The van der Waals surface area contributed by atoms with Gasteiger partial charge in [0.1, 0.15) is 5.60 Å². The number of carbonyl (C=O) groups excluding carboxylic acids is 1. The van der Waals surface area contributed by atoms with E-state index < -0.39 is 11.7 Å². The summed E-state index contributed by atoms with van der Waals surface area (Å²) in [6.45, 7) is 5.53. The van der Waals surface area contributed by atoms with Gasteiger partial charge in [-0.05, 0) is 38.5 Å². The van der Waals surface area contributed by atoms with Crippen LogP contribution in [-0.4, -0.2) is 29.2 Å². The lowest BCUT2D eigenvalue weighted by Crippen LogP contribution is -2.32. The van der Waals surface area contributed by atoms with Crippen molar-refractivity contribution in [3.63, 3.8) is 0 Å². The molecule has 1 aromatic rings. The van der Waals surface area contributed by atoms with E-state index in [-0.39, 0.29) is 12.4 Å². The topological polar surface area (TPSA) is 140 Å². The maximum atomic E-state index is 11.5. The van der Waals surface area contributed by atoms with Crippen molar-refractivity contribution in [3.05, 3.63) is 29.8 Å². The van der Waals surface area contributed by atoms with Crippen LogP contribution in [-0.2, 0) is 16.1 Å². The zero-order valence-electron chi connectivity index (χ0n) is 12.9. The summed E-state index contributed by atoms with van der Waals surface area (Å²) in [6, 6.07) is 7.24.